The van der Waals surface area contributed by atoms with E-state index in [0.717, 1.165) is 33.3 Å². The molecule has 0 spiro atoms. The van der Waals surface area contributed by atoms with Crippen molar-refractivity contribution in [2.24, 2.45) is 0 Å². The molecule has 0 N–H and O–H groups in total. The first kappa shape index (κ1) is 23.0. The Balaban J connectivity index is 1.97. The zero-order chi connectivity index (χ0) is 22.2. The quantitative estimate of drug-likeness (QED) is 0.321. The van der Waals surface area contributed by atoms with E-state index in [1.165, 1.54) is 28.9 Å². The molecule has 2 aromatic carbocycles. The number of allylic oxidation sites excluding steroid dienone is 8. The second-order valence-electron chi connectivity index (χ2n) is 8.14. The van der Waals surface area contributed by atoms with Crippen molar-refractivity contribution in [2.75, 3.05) is 0 Å². The van der Waals surface area contributed by atoms with Gasteiger partial charge in [0.25, 0.3) is 0 Å². The van der Waals surface area contributed by atoms with Gasteiger partial charge in [0.15, 0.2) is 0 Å². The van der Waals surface area contributed by atoms with Crippen LogP contribution < -0.4 is 5.63 Å². The predicted molar refractivity (Wildman–Crippen MR) is 132 cm³/mol. The number of hydrogen-bond donors (Lipinski definition) is 0. The molecule has 0 bridgehead atoms. The van der Waals surface area contributed by atoms with Crippen molar-refractivity contribution in [3.05, 3.63) is 98.5 Å². The van der Waals surface area contributed by atoms with E-state index in [1.54, 1.807) is 0 Å². The molecule has 2 aliphatic carbocycles. The molecule has 0 saturated carbocycles. The summed E-state index contributed by atoms with van der Waals surface area (Å²) in [5.41, 5.74) is 5.40. The van der Waals surface area contributed by atoms with Gasteiger partial charge in [-0.1, -0.05) is 0 Å². The first-order valence-electron chi connectivity index (χ1n) is 10.5. The first-order chi connectivity index (χ1) is 14.8. The molecule has 5 heteroatoms. The van der Waals surface area contributed by atoms with Crippen LogP contribution in [0.4, 0.5) is 0 Å². The molecular formula is C26H26Br2O2Zr. The summed E-state index contributed by atoms with van der Waals surface area (Å²) in [6.07, 6.45) is 6.59. The van der Waals surface area contributed by atoms with Crippen molar-refractivity contribution in [3.63, 3.8) is 0 Å². The van der Waals surface area contributed by atoms with Crippen LogP contribution >= 0.6 is 31.9 Å². The number of halogens is 2. The summed E-state index contributed by atoms with van der Waals surface area (Å²) in [7, 11) is 0. The van der Waals surface area contributed by atoms with Crippen LogP contribution in [-0.4, -0.2) is 0 Å². The zero-order valence-corrected chi connectivity index (χ0v) is 23.9. The second-order valence-corrected chi connectivity index (χ2v) is 16.5. The fraction of sp³-hybridized carbons (Fsp3) is 0.231. The van der Waals surface area contributed by atoms with E-state index in [9.17, 15) is 0 Å². The van der Waals surface area contributed by atoms with Crippen LogP contribution in [-0.2, 0) is 21.1 Å². The molecule has 0 atom stereocenters. The molecule has 0 saturated heterocycles. The molecule has 0 aliphatic heterocycles. The van der Waals surface area contributed by atoms with Crippen LogP contribution in [0.15, 0.2) is 98.5 Å². The van der Waals surface area contributed by atoms with Gasteiger partial charge in [0.1, 0.15) is 0 Å². The summed E-state index contributed by atoms with van der Waals surface area (Å²) in [6.45, 7) is 8.86. The van der Waals surface area contributed by atoms with Gasteiger partial charge in [0, 0.05) is 0 Å². The van der Waals surface area contributed by atoms with Crippen LogP contribution in [0.3, 0.4) is 0 Å². The third kappa shape index (κ3) is 4.39. The Morgan fingerprint density at radius 1 is 0.645 bits per heavy atom. The standard InChI is InChI=1S/2C7H9.2C6H5BrO.Zr/c2*1-6-4-3-5-7(6)2;2*7-5-3-1-2-4-6(5)8;/h2*3H,4H2,1-2H3;2*1-4,8H;/q;;;;+2/p-2. The molecule has 2 aliphatic rings. The number of hydrogen-bond acceptors (Lipinski definition) is 2. The fourth-order valence-electron chi connectivity index (χ4n) is 4.10. The molecule has 0 amide bonds. The van der Waals surface area contributed by atoms with Gasteiger partial charge in [-0.15, -0.1) is 0 Å². The molecule has 2 aromatic rings. The van der Waals surface area contributed by atoms with Crippen molar-refractivity contribution in [3.8, 4) is 11.5 Å². The number of benzene rings is 2. The van der Waals surface area contributed by atoms with Gasteiger partial charge in [0.2, 0.25) is 0 Å². The molecule has 0 aromatic heterocycles. The van der Waals surface area contributed by atoms with E-state index in [4.69, 9.17) is 5.63 Å². The fourth-order valence-corrected chi connectivity index (χ4v) is 15.2. The first-order valence-corrected chi connectivity index (χ1v) is 16.5. The predicted octanol–water partition coefficient (Wildman–Crippen LogP) is 8.90. The van der Waals surface area contributed by atoms with Gasteiger partial charge in [-0.25, -0.2) is 0 Å². The van der Waals surface area contributed by atoms with Crippen molar-refractivity contribution in [1.82, 2.24) is 0 Å². The normalized spacial score (nSPS) is 16.6. The average molecular weight is 622 g/mol. The molecule has 4 rings (SSSR count). The molecule has 0 fully saturated rings. The van der Waals surface area contributed by atoms with Gasteiger partial charge >= 0.3 is 209 Å². The topological polar surface area (TPSA) is 18.5 Å². The Morgan fingerprint density at radius 2 is 1.03 bits per heavy atom. The van der Waals surface area contributed by atoms with Crippen LogP contribution in [0.5, 0.6) is 11.5 Å². The van der Waals surface area contributed by atoms with E-state index in [0.29, 0.717) is 0 Å². The van der Waals surface area contributed by atoms with Crippen molar-refractivity contribution in [1.29, 1.82) is 0 Å². The van der Waals surface area contributed by atoms with Gasteiger partial charge in [-0.2, -0.15) is 0 Å². The number of rotatable bonds is 6. The van der Waals surface area contributed by atoms with Crippen molar-refractivity contribution >= 4 is 31.9 Å². The maximum absolute atomic E-state index is 7.11. The third-order valence-corrected chi connectivity index (χ3v) is 16.3. The SMILES string of the molecule is CC1=C(C)[C]([Zr]([O]c2ccccc2Br)([O]c2ccccc2Br)[C]2=CCC(C)=C2C)=CC1. The average Bonchev–Trinajstić information content (AvgIpc) is 3.27. The van der Waals surface area contributed by atoms with Gasteiger partial charge in [-0.3, -0.25) is 0 Å². The molecule has 160 valence electrons. The second kappa shape index (κ2) is 9.37. The van der Waals surface area contributed by atoms with Gasteiger partial charge in [0.05, 0.1) is 0 Å². The maximum atomic E-state index is 7.11. The summed E-state index contributed by atoms with van der Waals surface area (Å²) in [5.74, 6) is 1.67. The van der Waals surface area contributed by atoms with E-state index < -0.39 is 21.1 Å². The monoisotopic (exact) mass is 618 g/mol. The summed E-state index contributed by atoms with van der Waals surface area (Å²) in [4.78, 5) is 0. The van der Waals surface area contributed by atoms with E-state index in [-0.39, 0.29) is 0 Å². The summed E-state index contributed by atoms with van der Waals surface area (Å²) < 4.78 is 18.7. The Hall–Kier alpha value is -1.16. The molecule has 0 heterocycles. The van der Waals surface area contributed by atoms with Crippen LogP contribution in [0.25, 0.3) is 0 Å². The van der Waals surface area contributed by atoms with E-state index in [1.807, 2.05) is 48.5 Å². The molecular weight excluding hydrogens is 595 g/mol. The zero-order valence-electron chi connectivity index (χ0n) is 18.3. The summed E-state index contributed by atoms with van der Waals surface area (Å²) >= 11 is 3.22. The van der Waals surface area contributed by atoms with Crippen molar-refractivity contribution < 1.29 is 26.8 Å². The Kier molecular flexibility index (Phi) is 6.96. The van der Waals surface area contributed by atoms with Gasteiger partial charge < -0.3 is 0 Å². The molecule has 0 radical (unpaired) electrons. The minimum absolute atomic E-state index is 0.835. The van der Waals surface area contributed by atoms with Crippen LogP contribution in [0.1, 0.15) is 40.5 Å². The van der Waals surface area contributed by atoms with Crippen LogP contribution in [0.2, 0.25) is 0 Å². The van der Waals surface area contributed by atoms with E-state index >= 15 is 0 Å². The summed E-state index contributed by atoms with van der Waals surface area (Å²) in [6, 6.07) is 16.2. The molecule has 2 nitrogen and oxygen atoms in total. The Morgan fingerprint density at radius 3 is 1.35 bits per heavy atom. The third-order valence-electron chi connectivity index (χ3n) is 6.20. The van der Waals surface area contributed by atoms with Crippen LogP contribution in [0, 0.1) is 0 Å². The molecule has 0 unspecified atom stereocenters. The Labute approximate surface area is 207 Å². The number of para-hydroxylation sites is 2. The van der Waals surface area contributed by atoms with Crippen molar-refractivity contribution in [2.45, 2.75) is 40.5 Å². The Bertz CT molecular complexity index is 1070. The molecule has 31 heavy (non-hydrogen) atoms. The minimum atomic E-state index is -4.18. The van der Waals surface area contributed by atoms with E-state index in [2.05, 4.69) is 71.7 Å². The van der Waals surface area contributed by atoms with Gasteiger partial charge in [-0.05, 0) is 0 Å². The summed E-state index contributed by atoms with van der Waals surface area (Å²) in [5, 5.41) is 0.